The highest BCUT2D eigenvalue weighted by molar-refractivity contribution is 5.03. The first-order valence-electron chi connectivity index (χ1n) is 39.0. The topological polar surface area (TPSA) is 0 Å². The molecule has 0 N–H and O–H groups in total. The average molecular weight is 1130 g/mol. The van der Waals surface area contributed by atoms with Crippen molar-refractivity contribution < 1.29 is 0 Å². The Morgan fingerprint density at radius 3 is 1.00 bits per heavy atom. The third-order valence-corrected chi connectivity index (χ3v) is 33.4. The van der Waals surface area contributed by atoms with E-state index in [9.17, 15) is 0 Å². The zero-order valence-electron chi connectivity index (χ0n) is 57.9. The summed E-state index contributed by atoms with van der Waals surface area (Å²) >= 11 is 0. The van der Waals surface area contributed by atoms with E-state index < -0.39 is 0 Å². The Bertz CT molecular complexity index is 1860. The van der Waals surface area contributed by atoms with E-state index >= 15 is 0 Å². The molecule has 0 heteroatoms. The average Bonchev–Trinajstić information content (AvgIpc) is 3.06. The molecule has 82 heavy (non-hydrogen) atoms. The Kier molecular flexibility index (Phi) is 20.2. The van der Waals surface area contributed by atoms with Gasteiger partial charge in [0.2, 0.25) is 0 Å². The van der Waals surface area contributed by atoms with E-state index in [0.29, 0.717) is 10.8 Å². The van der Waals surface area contributed by atoms with Crippen molar-refractivity contribution >= 4 is 0 Å². The van der Waals surface area contributed by atoms with E-state index in [2.05, 4.69) is 96.9 Å². The van der Waals surface area contributed by atoms with Crippen molar-refractivity contribution in [1.29, 1.82) is 0 Å². The standard InChI is InChI=1S/C12H20.C11H18.C11H20.3C10H18.2C9H16/c1-2-12-6-9-3-10(7-12)5-11(4-9)8-12;1-11-5-8-2-9(6-11)4-10(3-8)7-11;1-8-9-4-6-10(7-5-9)11(8,2)3;1-7-8-4-5-9(6-8)10(7,2)3;1-8-7-9-3-5-10(8,2)6-4-9;1-7-8(2)10-5-3-9(7)4-6-10;1-7-6-8-2-4-9(7)5-3-8;1-2-8-5-7-3-4-9(8)6-7/h9-11H,2-8H2,1H3;8-10H,2-7H2,1H3;8-10H,4-7H2,1-3H3;7-9H,4-6H2,1-3H3;8-9H,3-7H2,1-2H3;7-10H,3-6H2,1-2H3;2*7-9H,2-6H2,1H3/t;;8-,9?,10?;7-,8?,9?;8-,9?,10?;7-,8?,9?,10?;7-,8?,9?;/m..11000./s1. The van der Waals surface area contributed by atoms with Gasteiger partial charge in [-0.15, -0.1) is 0 Å². The maximum absolute atomic E-state index is 2.54. The summed E-state index contributed by atoms with van der Waals surface area (Å²) in [5.41, 5.74) is 3.71. The van der Waals surface area contributed by atoms with Crippen molar-refractivity contribution in [3.63, 3.8) is 0 Å². The summed E-state index contributed by atoms with van der Waals surface area (Å²) in [6.07, 6.45) is 60.4. The van der Waals surface area contributed by atoms with Crippen LogP contribution in [0.1, 0.15) is 347 Å². The molecule has 6 unspecified atom stereocenters. The zero-order chi connectivity index (χ0) is 57.9. The molecule has 24 rings (SSSR count). The van der Waals surface area contributed by atoms with Gasteiger partial charge in [-0.25, -0.2) is 0 Å². The SMILES string of the molecule is CC12CC3CC(CC(C3)C1)C2.CC1C2CCC(CC2)[C@H]1C.CCC12CC3CC(CC(C3)C1)C2.CCC1CC2CCC1C2.C[C@@H]1C2CCC(C2)C1(C)C.C[C@@H]1C2CCC(CC2)C1(C)C.C[C@H]1CC2CCC1(C)CC2.C[C@H]1CC2CCC1CC2. The molecule has 0 aliphatic heterocycles. The van der Waals surface area contributed by atoms with Crippen LogP contribution in [-0.4, -0.2) is 0 Å². The van der Waals surface area contributed by atoms with Crippen LogP contribution in [0.15, 0.2) is 0 Å². The molecule has 0 aromatic heterocycles. The molecule has 0 spiro atoms. The smallest absolute Gasteiger partial charge is 0.0292 e. The minimum absolute atomic E-state index is 0.654. The van der Waals surface area contributed by atoms with Gasteiger partial charge in [0.1, 0.15) is 0 Å². The second-order valence-corrected chi connectivity index (χ2v) is 38.6. The summed E-state index contributed by atoms with van der Waals surface area (Å²) in [6, 6.07) is 0. The van der Waals surface area contributed by atoms with Crippen molar-refractivity contribution in [2.75, 3.05) is 0 Å². The monoisotopic (exact) mass is 1130 g/mol. The molecule has 24 aliphatic carbocycles. The number of rotatable bonds is 2. The fraction of sp³-hybridized carbons (Fsp3) is 1.00. The lowest BCUT2D eigenvalue weighted by molar-refractivity contribution is -0.0545. The highest BCUT2D eigenvalue weighted by atomic mass is 14.6. The van der Waals surface area contributed by atoms with Crippen LogP contribution in [0.3, 0.4) is 0 Å². The Morgan fingerprint density at radius 1 is 0.317 bits per heavy atom. The van der Waals surface area contributed by atoms with Crippen LogP contribution in [0.4, 0.5) is 0 Å². The molecule has 24 fully saturated rings. The number of hydrogen-bond acceptors (Lipinski definition) is 0. The summed E-state index contributed by atoms with van der Waals surface area (Å²) < 4.78 is 0. The predicted octanol–water partition coefficient (Wildman–Crippen LogP) is 25.3. The molecule has 0 aromatic rings. The molecule has 0 saturated heterocycles. The van der Waals surface area contributed by atoms with Crippen LogP contribution >= 0.6 is 0 Å². The first-order valence-corrected chi connectivity index (χ1v) is 39.0. The van der Waals surface area contributed by atoms with E-state index in [-0.39, 0.29) is 0 Å². The third-order valence-electron chi connectivity index (χ3n) is 33.4. The van der Waals surface area contributed by atoms with Gasteiger partial charge in [-0.2, -0.15) is 0 Å². The summed E-state index contributed by atoms with van der Waals surface area (Å²) in [4.78, 5) is 0. The van der Waals surface area contributed by atoms with Gasteiger partial charge in [0.05, 0.1) is 0 Å². The summed E-state index contributed by atoms with van der Waals surface area (Å²) in [5.74, 6) is 26.2. The zero-order valence-corrected chi connectivity index (χ0v) is 57.9. The fourth-order valence-corrected chi connectivity index (χ4v) is 27.2. The normalized spacial score (nSPS) is 52.6. The highest BCUT2D eigenvalue weighted by Gasteiger charge is 2.53. The molecule has 0 amide bonds. The van der Waals surface area contributed by atoms with Gasteiger partial charge in [-0.3, -0.25) is 0 Å². The first-order chi connectivity index (χ1) is 39.0. The maximum Gasteiger partial charge on any atom is -0.0292 e. The van der Waals surface area contributed by atoms with Gasteiger partial charge in [0, 0.05) is 0 Å². The van der Waals surface area contributed by atoms with E-state index in [1.165, 1.54) is 116 Å². The van der Waals surface area contributed by atoms with E-state index in [4.69, 9.17) is 0 Å². The predicted molar refractivity (Wildman–Crippen MR) is 355 cm³/mol. The van der Waals surface area contributed by atoms with Crippen molar-refractivity contribution in [2.45, 2.75) is 347 Å². The molecule has 11 atom stereocenters. The molecular weight excluding hydrogens is 985 g/mol. The molecule has 0 aromatic carbocycles. The largest absolute Gasteiger partial charge is 0.0651 e. The minimum atomic E-state index is 0.654. The van der Waals surface area contributed by atoms with Gasteiger partial charge >= 0.3 is 0 Å². The summed E-state index contributed by atoms with van der Waals surface area (Å²) in [7, 11) is 0. The van der Waals surface area contributed by atoms with Gasteiger partial charge < -0.3 is 0 Å². The minimum Gasteiger partial charge on any atom is -0.0651 e. The van der Waals surface area contributed by atoms with Crippen LogP contribution in [0, 0.1) is 169 Å². The van der Waals surface area contributed by atoms with Crippen LogP contribution in [0.25, 0.3) is 0 Å². The van der Waals surface area contributed by atoms with Gasteiger partial charge in [0.15, 0.2) is 0 Å². The molecule has 20 bridgehead atoms. The number of hydrogen-bond donors (Lipinski definition) is 0. The van der Waals surface area contributed by atoms with E-state index in [1.807, 2.05) is 0 Å². The lowest BCUT2D eigenvalue weighted by Crippen LogP contribution is -2.45. The lowest BCUT2D eigenvalue weighted by Gasteiger charge is -2.56. The lowest BCUT2D eigenvalue weighted by atomic mass is 9.49. The fourth-order valence-electron chi connectivity index (χ4n) is 27.2. The molecule has 472 valence electrons. The van der Waals surface area contributed by atoms with Crippen LogP contribution in [0.2, 0.25) is 0 Å². The summed E-state index contributed by atoms with van der Waals surface area (Å²) in [6.45, 7) is 34.4. The van der Waals surface area contributed by atoms with Crippen molar-refractivity contribution in [3.05, 3.63) is 0 Å². The Labute approximate surface area is 513 Å². The van der Waals surface area contributed by atoms with Crippen LogP contribution < -0.4 is 0 Å². The second kappa shape index (κ2) is 26.1. The molecule has 0 heterocycles. The van der Waals surface area contributed by atoms with Crippen molar-refractivity contribution in [2.24, 2.45) is 169 Å². The Hall–Kier alpha value is 0. The van der Waals surface area contributed by atoms with Gasteiger partial charge in [-0.1, -0.05) is 129 Å². The van der Waals surface area contributed by atoms with Crippen LogP contribution in [0.5, 0.6) is 0 Å². The molecular formula is C82H144. The first kappa shape index (κ1) is 63.6. The van der Waals surface area contributed by atoms with E-state index in [0.717, 1.165) is 158 Å². The van der Waals surface area contributed by atoms with Crippen LogP contribution in [-0.2, 0) is 0 Å². The second-order valence-electron chi connectivity index (χ2n) is 38.6. The molecule has 24 aliphatic rings. The summed E-state index contributed by atoms with van der Waals surface area (Å²) in [5, 5.41) is 0. The molecule has 24 saturated carbocycles. The molecule has 0 nitrogen and oxygen atoms in total. The number of fused-ring (bicyclic) bond motifs is 16. The van der Waals surface area contributed by atoms with Crippen molar-refractivity contribution in [1.82, 2.24) is 0 Å². The third kappa shape index (κ3) is 14.0. The van der Waals surface area contributed by atoms with Gasteiger partial charge in [0.25, 0.3) is 0 Å². The maximum atomic E-state index is 2.54. The quantitative estimate of drug-likeness (QED) is 0.259. The highest BCUT2D eigenvalue weighted by Crippen LogP contribution is 2.63. The Morgan fingerprint density at radius 2 is 0.732 bits per heavy atom. The Balaban J connectivity index is 0.0000000985. The van der Waals surface area contributed by atoms with E-state index in [1.54, 1.807) is 135 Å². The van der Waals surface area contributed by atoms with Gasteiger partial charge in [-0.05, 0) is 387 Å². The molecule has 0 radical (unpaired) electrons. The van der Waals surface area contributed by atoms with Crippen molar-refractivity contribution in [3.8, 4) is 0 Å².